The van der Waals surface area contributed by atoms with Crippen LogP contribution in [-0.4, -0.2) is 21.5 Å². The van der Waals surface area contributed by atoms with Crippen molar-refractivity contribution in [3.8, 4) is 28.6 Å². The first-order chi connectivity index (χ1) is 9.76. The summed E-state index contributed by atoms with van der Waals surface area (Å²) in [5.41, 5.74) is 1.60. The minimum atomic E-state index is 0.173. The summed E-state index contributed by atoms with van der Waals surface area (Å²) in [5.74, 6) is 1.10. The van der Waals surface area contributed by atoms with Gasteiger partial charge in [-0.2, -0.15) is 4.98 Å². The fourth-order valence-electron chi connectivity index (χ4n) is 1.84. The normalized spacial score (nSPS) is 10.7. The van der Waals surface area contributed by atoms with E-state index in [1.54, 1.807) is 30.0 Å². The molecule has 20 heavy (non-hydrogen) atoms. The molecule has 0 unspecified atom stereocenters. The molecule has 1 heterocycles. The molecule has 1 aromatic heterocycles. The topological polar surface area (TPSA) is 59.2 Å². The van der Waals surface area contributed by atoms with Crippen molar-refractivity contribution >= 4 is 11.8 Å². The maximum atomic E-state index is 9.46. The second-order valence-corrected chi connectivity index (χ2v) is 5.08. The Hall–Kier alpha value is -2.27. The van der Waals surface area contributed by atoms with E-state index < -0.39 is 0 Å². The summed E-state index contributed by atoms with van der Waals surface area (Å²) in [7, 11) is 0. The number of nitrogens with zero attached hydrogens (tertiary/aromatic N) is 2. The van der Waals surface area contributed by atoms with Crippen molar-refractivity contribution in [1.29, 1.82) is 0 Å². The van der Waals surface area contributed by atoms with Gasteiger partial charge in [-0.1, -0.05) is 11.2 Å². The van der Waals surface area contributed by atoms with E-state index in [2.05, 4.69) is 10.1 Å². The van der Waals surface area contributed by atoms with E-state index in [1.165, 1.54) is 4.90 Å². The standard InChI is InChI=1S/C15H12N2O2S/c1-20-13-7-5-10(6-8-13)14-16-15(19-17-14)11-3-2-4-12(18)9-11/h2-9,18H,1H3. The van der Waals surface area contributed by atoms with Crippen LogP contribution in [0, 0.1) is 0 Å². The fraction of sp³-hybridized carbons (Fsp3) is 0.0667. The molecule has 0 spiro atoms. The van der Waals surface area contributed by atoms with Crippen LogP contribution in [0.3, 0.4) is 0 Å². The smallest absolute Gasteiger partial charge is 0.258 e. The van der Waals surface area contributed by atoms with Crippen LogP contribution >= 0.6 is 11.8 Å². The zero-order valence-corrected chi connectivity index (χ0v) is 11.6. The minimum absolute atomic E-state index is 0.173. The molecule has 2 aromatic carbocycles. The summed E-state index contributed by atoms with van der Waals surface area (Å²) in [4.78, 5) is 5.54. The maximum Gasteiger partial charge on any atom is 0.258 e. The zero-order chi connectivity index (χ0) is 13.9. The first kappa shape index (κ1) is 12.7. The molecule has 1 N–H and O–H groups in total. The molecule has 100 valence electrons. The molecular weight excluding hydrogens is 272 g/mol. The second-order valence-electron chi connectivity index (χ2n) is 4.20. The quantitative estimate of drug-likeness (QED) is 0.741. The van der Waals surface area contributed by atoms with Gasteiger partial charge in [-0.15, -0.1) is 11.8 Å². The Labute approximate surface area is 120 Å². The number of benzene rings is 2. The molecule has 0 saturated carbocycles. The van der Waals surface area contributed by atoms with Gasteiger partial charge in [0.25, 0.3) is 5.89 Å². The highest BCUT2D eigenvalue weighted by atomic mass is 32.2. The molecule has 5 heteroatoms. The van der Waals surface area contributed by atoms with Crippen molar-refractivity contribution in [2.45, 2.75) is 4.90 Å². The van der Waals surface area contributed by atoms with Crippen molar-refractivity contribution in [2.24, 2.45) is 0 Å². The Morgan fingerprint density at radius 1 is 1.05 bits per heavy atom. The van der Waals surface area contributed by atoms with Crippen molar-refractivity contribution < 1.29 is 9.63 Å². The third-order valence-corrected chi connectivity index (χ3v) is 3.61. The number of aromatic hydroxyl groups is 1. The Morgan fingerprint density at radius 2 is 1.85 bits per heavy atom. The van der Waals surface area contributed by atoms with Crippen LogP contribution in [-0.2, 0) is 0 Å². The highest BCUT2D eigenvalue weighted by Gasteiger charge is 2.10. The molecular formula is C15H12N2O2S. The summed E-state index contributed by atoms with van der Waals surface area (Å²) < 4.78 is 5.24. The zero-order valence-electron chi connectivity index (χ0n) is 10.8. The largest absolute Gasteiger partial charge is 0.508 e. The van der Waals surface area contributed by atoms with E-state index in [-0.39, 0.29) is 5.75 Å². The van der Waals surface area contributed by atoms with Crippen molar-refractivity contribution in [3.05, 3.63) is 48.5 Å². The molecule has 0 atom stereocenters. The summed E-state index contributed by atoms with van der Waals surface area (Å²) in [6.45, 7) is 0. The fourth-order valence-corrected chi connectivity index (χ4v) is 2.25. The third-order valence-electron chi connectivity index (χ3n) is 2.87. The third kappa shape index (κ3) is 2.53. The van der Waals surface area contributed by atoms with Gasteiger partial charge in [0.05, 0.1) is 0 Å². The van der Waals surface area contributed by atoms with E-state index in [0.29, 0.717) is 17.3 Å². The predicted molar refractivity (Wildman–Crippen MR) is 78.6 cm³/mol. The second kappa shape index (κ2) is 5.38. The van der Waals surface area contributed by atoms with Gasteiger partial charge in [0.2, 0.25) is 5.82 Å². The highest BCUT2D eigenvalue weighted by Crippen LogP contribution is 2.25. The lowest BCUT2D eigenvalue weighted by atomic mass is 10.2. The molecule has 4 nitrogen and oxygen atoms in total. The summed E-state index contributed by atoms with van der Waals surface area (Å²) in [6, 6.07) is 14.7. The number of hydrogen-bond donors (Lipinski definition) is 1. The molecule has 0 amide bonds. The lowest BCUT2D eigenvalue weighted by Gasteiger charge is -1.97. The molecule has 0 bridgehead atoms. The number of phenolic OH excluding ortho intramolecular Hbond substituents is 1. The minimum Gasteiger partial charge on any atom is -0.508 e. The molecule has 0 radical (unpaired) electrons. The monoisotopic (exact) mass is 284 g/mol. The molecule has 0 aliphatic heterocycles. The Morgan fingerprint density at radius 3 is 2.55 bits per heavy atom. The van der Waals surface area contributed by atoms with E-state index in [1.807, 2.05) is 36.6 Å². The lowest BCUT2D eigenvalue weighted by molar-refractivity contribution is 0.431. The number of hydrogen-bond acceptors (Lipinski definition) is 5. The van der Waals surface area contributed by atoms with Gasteiger partial charge < -0.3 is 9.63 Å². The summed E-state index contributed by atoms with van der Waals surface area (Å²) in [5, 5.41) is 13.4. The first-order valence-corrected chi connectivity index (χ1v) is 7.26. The SMILES string of the molecule is CSc1ccc(-c2noc(-c3cccc(O)c3)n2)cc1. The number of thioether (sulfide) groups is 1. The molecule has 0 aliphatic carbocycles. The molecule has 0 fully saturated rings. The van der Waals surface area contributed by atoms with Crippen LogP contribution in [0.2, 0.25) is 0 Å². The van der Waals surface area contributed by atoms with E-state index in [0.717, 1.165) is 5.56 Å². The van der Waals surface area contributed by atoms with E-state index >= 15 is 0 Å². The highest BCUT2D eigenvalue weighted by molar-refractivity contribution is 7.98. The van der Waals surface area contributed by atoms with Crippen molar-refractivity contribution in [1.82, 2.24) is 10.1 Å². The average molecular weight is 284 g/mol. The molecule has 0 aliphatic rings. The van der Waals surface area contributed by atoms with Crippen LogP contribution in [0.4, 0.5) is 0 Å². The maximum absolute atomic E-state index is 9.46. The number of aromatic nitrogens is 2. The Balaban J connectivity index is 1.93. The van der Waals surface area contributed by atoms with Crippen LogP contribution in [0.25, 0.3) is 22.8 Å². The van der Waals surface area contributed by atoms with Crippen LogP contribution in [0.5, 0.6) is 5.75 Å². The van der Waals surface area contributed by atoms with E-state index in [9.17, 15) is 5.11 Å². The summed E-state index contributed by atoms with van der Waals surface area (Å²) in [6.07, 6.45) is 2.03. The lowest BCUT2D eigenvalue weighted by Crippen LogP contribution is -1.81. The predicted octanol–water partition coefficient (Wildman–Crippen LogP) is 3.83. The van der Waals surface area contributed by atoms with Crippen LogP contribution in [0.15, 0.2) is 57.9 Å². The van der Waals surface area contributed by atoms with Crippen LogP contribution in [0.1, 0.15) is 0 Å². The first-order valence-electron chi connectivity index (χ1n) is 6.04. The Bertz CT molecular complexity index is 723. The van der Waals surface area contributed by atoms with Gasteiger partial charge in [-0.25, -0.2) is 0 Å². The molecule has 3 rings (SSSR count). The Kier molecular flexibility index (Phi) is 3.43. The van der Waals surface area contributed by atoms with Gasteiger partial charge in [0.1, 0.15) is 5.75 Å². The molecule has 0 saturated heterocycles. The number of phenols is 1. The van der Waals surface area contributed by atoms with Gasteiger partial charge >= 0.3 is 0 Å². The van der Waals surface area contributed by atoms with Crippen LogP contribution < -0.4 is 0 Å². The van der Waals surface area contributed by atoms with Crippen molar-refractivity contribution in [2.75, 3.05) is 6.26 Å². The molecule has 3 aromatic rings. The van der Waals surface area contributed by atoms with Gasteiger partial charge in [0, 0.05) is 16.0 Å². The van der Waals surface area contributed by atoms with Gasteiger partial charge in [-0.05, 0) is 48.7 Å². The average Bonchev–Trinajstić information content (AvgIpc) is 2.97. The van der Waals surface area contributed by atoms with Gasteiger partial charge in [0.15, 0.2) is 0 Å². The number of rotatable bonds is 3. The van der Waals surface area contributed by atoms with E-state index in [4.69, 9.17) is 4.52 Å². The summed E-state index contributed by atoms with van der Waals surface area (Å²) >= 11 is 1.68. The van der Waals surface area contributed by atoms with Crippen molar-refractivity contribution in [3.63, 3.8) is 0 Å². The van der Waals surface area contributed by atoms with Gasteiger partial charge in [-0.3, -0.25) is 0 Å².